The normalized spacial score (nSPS) is 16.0. The van der Waals surface area contributed by atoms with Crippen molar-refractivity contribution in [3.63, 3.8) is 0 Å². The summed E-state index contributed by atoms with van der Waals surface area (Å²) in [5.41, 5.74) is 1.08. The minimum absolute atomic E-state index is 0.000444. The second kappa shape index (κ2) is 10.6. The molecule has 1 fully saturated rings. The van der Waals surface area contributed by atoms with Crippen molar-refractivity contribution in [1.29, 1.82) is 0 Å². The van der Waals surface area contributed by atoms with Crippen LogP contribution in [-0.4, -0.2) is 47.4 Å². The van der Waals surface area contributed by atoms with Crippen LogP contribution in [0.25, 0.3) is 0 Å². The van der Waals surface area contributed by atoms with Crippen molar-refractivity contribution in [2.75, 3.05) is 19.7 Å². The Morgan fingerprint density at radius 1 is 1.07 bits per heavy atom. The van der Waals surface area contributed by atoms with E-state index in [4.69, 9.17) is 4.74 Å². The van der Waals surface area contributed by atoms with E-state index in [1.807, 2.05) is 42.2 Å². The minimum atomic E-state index is -0.0281. The molecule has 1 saturated heterocycles. The van der Waals surface area contributed by atoms with E-state index in [0.717, 1.165) is 29.9 Å². The van der Waals surface area contributed by atoms with Gasteiger partial charge in [-0.25, -0.2) is 0 Å². The van der Waals surface area contributed by atoms with Gasteiger partial charge in [-0.1, -0.05) is 37.3 Å². The van der Waals surface area contributed by atoms with E-state index < -0.39 is 0 Å². The molecule has 2 amide bonds. The number of rotatable bonds is 9. The van der Waals surface area contributed by atoms with Crippen molar-refractivity contribution in [3.8, 4) is 0 Å². The highest BCUT2D eigenvalue weighted by atomic mass is 32.1. The number of aryl methyl sites for hydroxylation is 1. The first-order valence-corrected chi connectivity index (χ1v) is 11.1. The number of hydrogen-bond donors (Lipinski definition) is 0. The maximum Gasteiger partial charge on any atom is 0.242 e. The van der Waals surface area contributed by atoms with Crippen LogP contribution in [-0.2, 0) is 27.4 Å². The van der Waals surface area contributed by atoms with E-state index in [0.29, 0.717) is 26.1 Å². The van der Waals surface area contributed by atoms with E-state index in [-0.39, 0.29) is 24.5 Å². The Balaban J connectivity index is 1.72. The summed E-state index contributed by atoms with van der Waals surface area (Å²) in [4.78, 5) is 31.7. The van der Waals surface area contributed by atoms with E-state index in [1.165, 1.54) is 4.88 Å². The molecule has 1 atom stereocenters. The Kier molecular flexibility index (Phi) is 7.83. The molecule has 0 aliphatic carbocycles. The maximum absolute atomic E-state index is 13.3. The average molecular weight is 415 g/mol. The summed E-state index contributed by atoms with van der Waals surface area (Å²) >= 11 is 1.71. The van der Waals surface area contributed by atoms with Crippen LogP contribution in [0, 0.1) is 6.92 Å². The second-order valence-corrected chi connectivity index (χ2v) is 8.88. The van der Waals surface area contributed by atoms with Gasteiger partial charge in [0.15, 0.2) is 0 Å². The van der Waals surface area contributed by atoms with Gasteiger partial charge in [-0.3, -0.25) is 9.59 Å². The summed E-state index contributed by atoms with van der Waals surface area (Å²) in [6, 6.07) is 14.2. The molecular formula is C23H30N2O3S. The molecule has 1 aliphatic rings. The zero-order valence-corrected chi connectivity index (χ0v) is 18.1. The maximum atomic E-state index is 13.3. The Bertz CT molecular complexity index is 799. The molecule has 2 aromatic rings. The fraction of sp³-hybridized carbons (Fsp3) is 0.478. The predicted octanol–water partition coefficient (Wildman–Crippen LogP) is 4.00. The number of hydrogen-bond acceptors (Lipinski definition) is 4. The molecule has 6 heteroatoms. The smallest absolute Gasteiger partial charge is 0.242 e. The Morgan fingerprint density at radius 2 is 1.86 bits per heavy atom. The van der Waals surface area contributed by atoms with Gasteiger partial charge in [-0.05, 0) is 37.5 Å². The molecular weight excluding hydrogens is 384 g/mol. The van der Waals surface area contributed by atoms with Crippen LogP contribution in [0.15, 0.2) is 42.5 Å². The molecule has 3 rings (SSSR count). The van der Waals surface area contributed by atoms with Crippen molar-refractivity contribution >= 4 is 23.2 Å². The van der Waals surface area contributed by atoms with Gasteiger partial charge in [0.05, 0.1) is 19.2 Å². The fourth-order valence-electron chi connectivity index (χ4n) is 3.57. The van der Waals surface area contributed by atoms with Gasteiger partial charge in [0.2, 0.25) is 11.8 Å². The highest BCUT2D eigenvalue weighted by Gasteiger charge is 2.25. The summed E-state index contributed by atoms with van der Waals surface area (Å²) < 4.78 is 5.70. The molecule has 0 saturated carbocycles. The van der Waals surface area contributed by atoms with Gasteiger partial charge in [-0.15, -0.1) is 11.3 Å². The van der Waals surface area contributed by atoms with Crippen LogP contribution < -0.4 is 0 Å². The molecule has 1 aliphatic heterocycles. The molecule has 1 aromatic carbocycles. The third-order valence-electron chi connectivity index (χ3n) is 5.14. The van der Waals surface area contributed by atoms with E-state index in [1.54, 1.807) is 16.2 Å². The van der Waals surface area contributed by atoms with Gasteiger partial charge >= 0.3 is 0 Å². The van der Waals surface area contributed by atoms with Crippen molar-refractivity contribution in [1.82, 2.24) is 9.80 Å². The summed E-state index contributed by atoms with van der Waals surface area (Å²) in [6.07, 6.45) is 2.40. The SMILES string of the molecule is CCC(=O)N(CC(=O)N(Cc1ccccc1)Cc1ccc(C)s1)C[C@H]1CCCO1. The molecule has 1 aromatic heterocycles. The number of benzene rings is 1. The first kappa shape index (κ1) is 21.5. The lowest BCUT2D eigenvalue weighted by Crippen LogP contribution is -2.45. The quantitative estimate of drug-likeness (QED) is 0.623. The molecule has 29 heavy (non-hydrogen) atoms. The number of nitrogens with zero attached hydrogens (tertiary/aromatic N) is 2. The molecule has 0 radical (unpaired) electrons. The molecule has 5 nitrogen and oxygen atoms in total. The van der Waals surface area contributed by atoms with Gasteiger partial charge in [0.25, 0.3) is 0 Å². The van der Waals surface area contributed by atoms with Crippen molar-refractivity contribution in [2.24, 2.45) is 0 Å². The topological polar surface area (TPSA) is 49.9 Å². The minimum Gasteiger partial charge on any atom is -0.376 e. The zero-order valence-electron chi connectivity index (χ0n) is 17.3. The summed E-state index contributed by atoms with van der Waals surface area (Å²) in [5.74, 6) is -0.0276. The number of ether oxygens (including phenoxy) is 1. The summed E-state index contributed by atoms with van der Waals surface area (Å²) in [5, 5.41) is 0. The molecule has 156 valence electrons. The average Bonchev–Trinajstić information content (AvgIpc) is 3.38. The first-order valence-electron chi connectivity index (χ1n) is 10.3. The van der Waals surface area contributed by atoms with Crippen LogP contribution in [0.3, 0.4) is 0 Å². The van der Waals surface area contributed by atoms with E-state index in [9.17, 15) is 9.59 Å². The van der Waals surface area contributed by atoms with Crippen LogP contribution in [0.5, 0.6) is 0 Å². The fourth-order valence-corrected chi connectivity index (χ4v) is 4.48. The Hall–Kier alpha value is -2.18. The molecule has 0 bridgehead atoms. The summed E-state index contributed by atoms with van der Waals surface area (Å²) in [7, 11) is 0. The monoisotopic (exact) mass is 414 g/mol. The summed E-state index contributed by atoms with van der Waals surface area (Å²) in [6.45, 7) is 6.33. The molecule has 0 spiro atoms. The third kappa shape index (κ3) is 6.41. The molecule has 0 unspecified atom stereocenters. The Morgan fingerprint density at radius 3 is 2.48 bits per heavy atom. The Labute approximate surface area is 177 Å². The van der Waals surface area contributed by atoms with E-state index in [2.05, 4.69) is 19.1 Å². The molecule has 0 N–H and O–H groups in total. The van der Waals surface area contributed by atoms with Crippen molar-refractivity contribution in [3.05, 3.63) is 57.8 Å². The lowest BCUT2D eigenvalue weighted by atomic mass is 10.2. The van der Waals surface area contributed by atoms with Crippen LogP contribution in [0.1, 0.15) is 41.5 Å². The zero-order chi connectivity index (χ0) is 20.6. The van der Waals surface area contributed by atoms with Crippen LogP contribution in [0.2, 0.25) is 0 Å². The molecule has 2 heterocycles. The lowest BCUT2D eigenvalue weighted by molar-refractivity contribution is -0.142. The van der Waals surface area contributed by atoms with Gasteiger partial charge in [0.1, 0.15) is 0 Å². The predicted molar refractivity (Wildman–Crippen MR) is 116 cm³/mol. The number of thiophene rings is 1. The first-order chi connectivity index (χ1) is 14.0. The third-order valence-corrected chi connectivity index (χ3v) is 6.13. The van der Waals surface area contributed by atoms with Crippen molar-refractivity contribution < 1.29 is 14.3 Å². The van der Waals surface area contributed by atoms with Gasteiger partial charge < -0.3 is 14.5 Å². The van der Waals surface area contributed by atoms with E-state index >= 15 is 0 Å². The van der Waals surface area contributed by atoms with Gasteiger partial charge in [-0.2, -0.15) is 0 Å². The lowest BCUT2D eigenvalue weighted by Gasteiger charge is -2.29. The highest BCUT2D eigenvalue weighted by Crippen LogP contribution is 2.19. The van der Waals surface area contributed by atoms with Crippen molar-refractivity contribution in [2.45, 2.75) is 52.3 Å². The number of carbonyl (C=O) groups excluding carboxylic acids is 2. The number of carbonyl (C=O) groups is 2. The largest absolute Gasteiger partial charge is 0.376 e. The van der Waals surface area contributed by atoms with Crippen LogP contribution >= 0.6 is 11.3 Å². The second-order valence-electron chi connectivity index (χ2n) is 7.51. The van der Waals surface area contributed by atoms with Gasteiger partial charge in [0, 0.05) is 35.9 Å². The standard InChI is InChI=1S/C23H30N2O3S/c1-3-22(26)25(15-20-10-7-13-28-20)17-23(27)24(14-19-8-5-4-6-9-19)16-21-12-11-18(2)29-21/h4-6,8-9,11-12,20H,3,7,10,13-17H2,1-2H3/t20-/m1/s1. The number of amides is 2. The van der Waals surface area contributed by atoms with Crippen LogP contribution in [0.4, 0.5) is 0 Å². The highest BCUT2D eigenvalue weighted by molar-refractivity contribution is 7.11.